The molecule has 0 fully saturated rings. The van der Waals surface area contributed by atoms with E-state index in [0.717, 1.165) is 0 Å². The van der Waals surface area contributed by atoms with Crippen LogP contribution >= 0.6 is 0 Å². The number of amides is 1. The van der Waals surface area contributed by atoms with E-state index in [1.54, 1.807) is 43.3 Å². The summed E-state index contributed by atoms with van der Waals surface area (Å²) in [6, 6.07) is 17.8. The Morgan fingerprint density at radius 1 is 1.06 bits per heavy atom. The number of benzene rings is 3. The lowest BCUT2D eigenvalue weighted by molar-refractivity contribution is -0.133. The monoisotopic (exact) mass is 489 g/mol. The van der Waals surface area contributed by atoms with Crippen LogP contribution in [0.25, 0.3) is 16.6 Å². The van der Waals surface area contributed by atoms with E-state index < -0.39 is 24.3 Å². The molecule has 36 heavy (non-hydrogen) atoms. The lowest BCUT2D eigenvalue weighted by Gasteiger charge is -2.17. The van der Waals surface area contributed by atoms with Crippen LogP contribution in [0.15, 0.2) is 71.5 Å². The van der Waals surface area contributed by atoms with Crippen molar-refractivity contribution < 1.29 is 23.5 Å². The van der Waals surface area contributed by atoms with E-state index in [9.17, 15) is 18.8 Å². The molecular weight excluding hydrogens is 465 g/mol. The van der Waals surface area contributed by atoms with E-state index in [1.165, 1.54) is 47.9 Å². The number of hydrogen-bond acceptors (Lipinski definition) is 6. The van der Waals surface area contributed by atoms with Crippen LogP contribution in [0, 0.1) is 12.7 Å². The van der Waals surface area contributed by atoms with Gasteiger partial charge >= 0.3 is 5.97 Å². The van der Waals surface area contributed by atoms with Gasteiger partial charge in [0, 0.05) is 13.6 Å². The average Bonchev–Trinajstić information content (AvgIpc) is 2.87. The fourth-order valence-electron chi connectivity index (χ4n) is 3.79. The maximum atomic E-state index is 13.9. The zero-order valence-electron chi connectivity index (χ0n) is 20.0. The molecule has 0 unspecified atom stereocenters. The highest BCUT2D eigenvalue weighted by Gasteiger charge is 2.16. The molecule has 1 heterocycles. The van der Waals surface area contributed by atoms with Crippen molar-refractivity contribution in [3.8, 4) is 11.4 Å². The Kier molecular flexibility index (Phi) is 7.10. The number of carbonyl (C=O) groups is 2. The highest BCUT2D eigenvalue weighted by atomic mass is 19.1. The van der Waals surface area contributed by atoms with E-state index in [0.29, 0.717) is 28.0 Å². The Balaban J connectivity index is 1.40. The molecule has 3 aromatic carbocycles. The van der Waals surface area contributed by atoms with Gasteiger partial charge in [0.25, 0.3) is 11.5 Å². The van der Waals surface area contributed by atoms with Crippen LogP contribution in [0.1, 0.15) is 21.7 Å². The first-order valence-electron chi connectivity index (χ1n) is 11.1. The van der Waals surface area contributed by atoms with Gasteiger partial charge in [-0.05, 0) is 61.0 Å². The van der Waals surface area contributed by atoms with Crippen LogP contribution < -0.4 is 10.3 Å². The standard InChI is InChI=1S/C27H24FN3O5/c1-17-29-23-7-5-4-6-21(23)26(33)31(17)20-11-9-19(10-12-20)27(34)36-16-25(32)30(2)15-18-8-13-24(35-3)22(28)14-18/h4-14H,15-16H2,1-3H3. The van der Waals surface area contributed by atoms with E-state index in [2.05, 4.69) is 4.98 Å². The van der Waals surface area contributed by atoms with Crippen molar-refractivity contribution >= 4 is 22.8 Å². The number of para-hydroxylation sites is 1. The summed E-state index contributed by atoms with van der Waals surface area (Å²) in [6.45, 7) is 1.40. The lowest BCUT2D eigenvalue weighted by atomic mass is 10.2. The third-order valence-electron chi connectivity index (χ3n) is 5.69. The molecule has 4 aromatic rings. The molecule has 184 valence electrons. The number of nitrogens with zero attached hydrogens (tertiary/aromatic N) is 3. The van der Waals surface area contributed by atoms with Gasteiger partial charge in [-0.25, -0.2) is 14.2 Å². The first kappa shape index (κ1) is 24.6. The Hall–Kier alpha value is -4.53. The zero-order valence-corrected chi connectivity index (χ0v) is 20.0. The molecule has 0 saturated carbocycles. The first-order valence-corrected chi connectivity index (χ1v) is 11.1. The van der Waals surface area contributed by atoms with Crippen molar-refractivity contribution in [2.75, 3.05) is 20.8 Å². The number of fused-ring (bicyclic) bond motifs is 1. The fraction of sp³-hybridized carbons (Fsp3) is 0.185. The molecule has 4 rings (SSSR count). The summed E-state index contributed by atoms with van der Waals surface area (Å²) in [7, 11) is 2.90. The maximum absolute atomic E-state index is 13.9. The minimum Gasteiger partial charge on any atom is -0.494 e. The van der Waals surface area contributed by atoms with E-state index in [-0.39, 0.29) is 23.4 Å². The molecule has 9 heteroatoms. The van der Waals surface area contributed by atoms with E-state index >= 15 is 0 Å². The highest BCUT2D eigenvalue weighted by Crippen LogP contribution is 2.19. The number of aromatic nitrogens is 2. The van der Waals surface area contributed by atoms with Crippen molar-refractivity contribution in [2.45, 2.75) is 13.5 Å². The van der Waals surface area contributed by atoms with Crippen molar-refractivity contribution in [3.63, 3.8) is 0 Å². The minimum atomic E-state index is -0.681. The van der Waals surface area contributed by atoms with Crippen LogP contribution in [0.2, 0.25) is 0 Å². The minimum absolute atomic E-state index is 0.115. The first-order chi connectivity index (χ1) is 17.3. The van der Waals surface area contributed by atoms with Gasteiger partial charge in [-0.1, -0.05) is 18.2 Å². The molecule has 1 amide bonds. The molecule has 0 bridgehead atoms. The summed E-state index contributed by atoms with van der Waals surface area (Å²) < 4.78 is 25.4. The summed E-state index contributed by atoms with van der Waals surface area (Å²) in [5.74, 6) is -1.02. The fourth-order valence-corrected chi connectivity index (χ4v) is 3.79. The van der Waals surface area contributed by atoms with Crippen molar-refractivity contribution in [3.05, 3.63) is 99.9 Å². The highest BCUT2D eigenvalue weighted by molar-refractivity contribution is 5.91. The van der Waals surface area contributed by atoms with Gasteiger partial charge in [-0.15, -0.1) is 0 Å². The van der Waals surface area contributed by atoms with Crippen LogP contribution in [-0.2, 0) is 16.1 Å². The molecule has 0 aliphatic heterocycles. The second-order valence-electron chi connectivity index (χ2n) is 8.16. The zero-order chi connectivity index (χ0) is 25.8. The Labute approximate surface area is 206 Å². The number of ether oxygens (including phenoxy) is 2. The lowest BCUT2D eigenvalue weighted by Crippen LogP contribution is -2.30. The molecular formula is C27H24FN3O5. The van der Waals surface area contributed by atoms with Gasteiger partial charge in [0.2, 0.25) is 0 Å². The number of carbonyl (C=O) groups excluding carboxylic acids is 2. The predicted octanol–water partition coefficient (Wildman–Crippen LogP) is 3.66. The molecule has 0 atom stereocenters. The number of methoxy groups -OCH3 is 1. The summed E-state index contributed by atoms with van der Waals surface area (Å²) >= 11 is 0. The van der Waals surface area contributed by atoms with Gasteiger partial charge in [-0.3, -0.25) is 14.2 Å². The Morgan fingerprint density at radius 3 is 2.47 bits per heavy atom. The van der Waals surface area contributed by atoms with Crippen molar-refractivity contribution in [1.82, 2.24) is 14.5 Å². The summed E-state index contributed by atoms with van der Waals surface area (Å²) in [6.07, 6.45) is 0. The van der Waals surface area contributed by atoms with Gasteiger partial charge in [-0.2, -0.15) is 0 Å². The Morgan fingerprint density at radius 2 is 1.78 bits per heavy atom. The third kappa shape index (κ3) is 5.10. The van der Waals surface area contributed by atoms with Crippen LogP contribution in [0.5, 0.6) is 5.75 Å². The van der Waals surface area contributed by atoms with Gasteiger partial charge in [0.1, 0.15) is 5.82 Å². The molecule has 0 saturated heterocycles. The van der Waals surface area contributed by atoms with Crippen molar-refractivity contribution in [2.24, 2.45) is 0 Å². The van der Waals surface area contributed by atoms with Crippen LogP contribution in [0.4, 0.5) is 4.39 Å². The molecule has 0 N–H and O–H groups in total. The summed E-state index contributed by atoms with van der Waals surface area (Å²) in [4.78, 5) is 43.6. The molecule has 8 nitrogen and oxygen atoms in total. The van der Waals surface area contributed by atoms with Gasteiger partial charge in [0.15, 0.2) is 18.2 Å². The second kappa shape index (κ2) is 10.4. The number of aryl methyl sites for hydroxylation is 1. The smallest absolute Gasteiger partial charge is 0.338 e. The molecule has 0 radical (unpaired) electrons. The second-order valence-corrected chi connectivity index (χ2v) is 8.16. The van der Waals surface area contributed by atoms with Crippen molar-refractivity contribution in [1.29, 1.82) is 0 Å². The van der Waals surface area contributed by atoms with Crippen LogP contribution in [-0.4, -0.2) is 47.1 Å². The number of halogens is 1. The largest absolute Gasteiger partial charge is 0.494 e. The Bertz CT molecular complexity index is 1500. The molecule has 0 aliphatic rings. The van der Waals surface area contributed by atoms with E-state index in [4.69, 9.17) is 9.47 Å². The maximum Gasteiger partial charge on any atom is 0.338 e. The summed E-state index contributed by atoms with van der Waals surface area (Å²) in [5.41, 5.74) is 1.75. The van der Waals surface area contributed by atoms with Crippen LogP contribution in [0.3, 0.4) is 0 Å². The molecule has 1 aromatic heterocycles. The molecule has 0 aliphatic carbocycles. The normalized spacial score (nSPS) is 10.8. The van der Waals surface area contributed by atoms with E-state index in [1.807, 2.05) is 6.07 Å². The predicted molar refractivity (Wildman–Crippen MR) is 132 cm³/mol. The topological polar surface area (TPSA) is 90.7 Å². The SMILES string of the molecule is COc1ccc(CN(C)C(=O)COC(=O)c2ccc(-n3c(C)nc4ccccc4c3=O)cc2)cc1F. The number of hydrogen-bond donors (Lipinski definition) is 0. The third-order valence-corrected chi connectivity index (χ3v) is 5.69. The number of likely N-dealkylation sites (N-methyl/N-ethyl adjacent to an activating group) is 1. The van der Waals surface area contributed by atoms with Gasteiger partial charge < -0.3 is 14.4 Å². The number of esters is 1. The van der Waals surface area contributed by atoms with Gasteiger partial charge in [0.05, 0.1) is 29.3 Å². The quantitative estimate of drug-likeness (QED) is 0.368. The number of rotatable bonds is 7. The average molecular weight is 490 g/mol. The molecule has 0 spiro atoms. The summed E-state index contributed by atoms with van der Waals surface area (Å²) in [5, 5.41) is 0.492.